The molecule has 1 aromatic carbocycles. The van der Waals surface area contributed by atoms with Crippen molar-refractivity contribution < 1.29 is 14.2 Å². The van der Waals surface area contributed by atoms with Gasteiger partial charge in [0.2, 0.25) is 0 Å². The van der Waals surface area contributed by atoms with E-state index in [0.29, 0.717) is 0 Å². The Balaban J connectivity index is 3.15. The predicted octanol–water partition coefficient (Wildman–Crippen LogP) is 1.67. The number of benzene rings is 1. The fourth-order valence-electron chi connectivity index (χ4n) is 0.818. The second-order valence-electron chi connectivity index (χ2n) is 2.22. The maximum absolute atomic E-state index is 12.8. The minimum absolute atomic E-state index is 0.0838. The van der Waals surface area contributed by atoms with E-state index in [-0.39, 0.29) is 16.2 Å². The summed E-state index contributed by atoms with van der Waals surface area (Å²) in [6.07, 6.45) is 0. The summed E-state index contributed by atoms with van der Waals surface area (Å²) in [5.74, 6) is -0.657. The van der Waals surface area contributed by atoms with Crippen LogP contribution in [0.2, 0.25) is 0 Å². The van der Waals surface area contributed by atoms with Gasteiger partial charge >= 0.3 is 5.69 Å². The molecule has 1 aromatic rings. The number of halogens is 1. The summed E-state index contributed by atoms with van der Waals surface area (Å²) in [4.78, 5) is 15.4. The van der Waals surface area contributed by atoms with E-state index >= 15 is 0 Å². The van der Waals surface area contributed by atoms with E-state index in [1.54, 1.807) is 6.07 Å². The monoisotopic (exact) mass is 181 g/mol. The zero-order valence-corrected chi connectivity index (χ0v) is 6.82. The third kappa shape index (κ3) is 1.79. The van der Waals surface area contributed by atoms with E-state index in [4.69, 9.17) is 5.26 Å². The van der Waals surface area contributed by atoms with Gasteiger partial charge in [-0.25, -0.2) is 9.23 Å². The molecule has 0 aliphatic rings. The van der Waals surface area contributed by atoms with Crippen LogP contribution in [-0.2, 0) is 4.84 Å². The summed E-state index contributed by atoms with van der Waals surface area (Å²) in [6, 6.07) is 5.00. The zero-order valence-electron chi connectivity index (χ0n) is 6.82. The average Bonchev–Trinajstić information content (AvgIpc) is 2.17. The molecular weight excluding hydrogens is 175 g/mol. The number of hydrogen-bond acceptors (Lipinski definition) is 3. The molecule has 0 radical (unpaired) electrons. The largest absolute Gasteiger partial charge is 0.318 e. The molecular formula is C8H6FN2O2+. The van der Waals surface area contributed by atoms with Crippen LogP contribution < -0.4 is 0 Å². The second kappa shape index (κ2) is 3.63. The van der Waals surface area contributed by atoms with Crippen molar-refractivity contribution >= 4 is 5.69 Å². The fourth-order valence-corrected chi connectivity index (χ4v) is 0.818. The Morgan fingerprint density at radius 1 is 1.62 bits per heavy atom. The molecule has 5 heteroatoms. The van der Waals surface area contributed by atoms with Crippen LogP contribution >= 0.6 is 0 Å². The standard InChI is InChI=1S/C8H6FN2O2/c1-13-11(12)7-2-3-8(9)6(4-7)5-10/h2-4H,1H3/q+1. The predicted molar refractivity (Wildman–Crippen MR) is 41.4 cm³/mol. The summed E-state index contributed by atoms with van der Waals surface area (Å²) in [5, 5.41) is 8.45. The number of hydrogen-bond donors (Lipinski definition) is 0. The molecule has 0 fully saturated rings. The quantitative estimate of drug-likeness (QED) is 0.652. The lowest BCUT2D eigenvalue weighted by Crippen LogP contribution is -1.98. The molecule has 0 atom stereocenters. The van der Waals surface area contributed by atoms with Crippen LogP contribution in [0.3, 0.4) is 0 Å². The van der Waals surface area contributed by atoms with Crippen LogP contribution in [0.15, 0.2) is 18.2 Å². The third-order valence-corrected chi connectivity index (χ3v) is 1.45. The number of nitriles is 1. The highest BCUT2D eigenvalue weighted by atomic mass is 19.1. The van der Waals surface area contributed by atoms with Gasteiger partial charge in [-0.15, -0.1) is 0 Å². The van der Waals surface area contributed by atoms with Gasteiger partial charge in [-0.1, -0.05) is 0 Å². The molecule has 66 valence electrons. The normalized spacial score (nSPS) is 9.00. The van der Waals surface area contributed by atoms with Gasteiger partial charge in [-0.3, -0.25) is 0 Å². The molecule has 0 bridgehead atoms. The van der Waals surface area contributed by atoms with Crippen molar-refractivity contribution in [3.05, 3.63) is 34.5 Å². The lowest BCUT2D eigenvalue weighted by molar-refractivity contribution is -0.736. The first kappa shape index (κ1) is 9.13. The molecule has 0 aliphatic carbocycles. The van der Waals surface area contributed by atoms with Crippen LogP contribution in [0.4, 0.5) is 10.1 Å². The molecule has 0 amide bonds. The minimum Gasteiger partial charge on any atom is -0.230 e. The van der Waals surface area contributed by atoms with Gasteiger partial charge < -0.3 is 0 Å². The molecule has 13 heavy (non-hydrogen) atoms. The van der Waals surface area contributed by atoms with Gasteiger partial charge in [0.05, 0.1) is 10.5 Å². The van der Waals surface area contributed by atoms with Crippen LogP contribution in [0.5, 0.6) is 0 Å². The van der Waals surface area contributed by atoms with Crippen LogP contribution in [-0.4, -0.2) is 12.0 Å². The highest BCUT2D eigenvalue weighted by molar-refractivity contribution is 5.41. The molecule has 0 spiro atoms. The van der Waals surface area contributed by atoms with Crippen molar-refractivity contribution in [2.75, 3.05) is 7.11 Å². The van der Waals surface area contributed by atoms with E-state index < -0.39 is 5.82 Å². The summed E-state index contributed by atoms with van der Waals surface area (Å²) >= 11 is 0. The molecule has 0 saturated carbocycles. The average molecular weight is 181 g/mol. The van der Waals surface area contributed by atoms with Gasteiger partial charge in [0.15, 0.2) is 7.11 Å². The highest BCUT2D eigenvalue weighted by Gasteiger charge is 2.16. The Bertz CT molecular complexity index is 384. The molecule has 0 saturated heterocycles. The van der Waals surface area contributed by atoms with Crippen molar-refractivity contribution in [1.29, 1.82) is 5.26 Å². The Hall–Kier alpha value is -1.96. The number of nitrogens with zero attached hydrogens (tertiary/aromatic N) is 2. The molecule has 0 unspecified atom stereocenters. The van der Waals surface area contributed by atoms with E-state index in [1.807, 2.05) is 0 Å². The summed E-state index contributed by atoms with van der Waals surface area (Å²) < 4.78 is 12.8. The van der Waals surface area contributed by atoms with Gasteiger partial charge in [0, 0.05) is 12.1 Å². The second-order valence-corrected chi connectivity index (χ2v) is 2.22. The van der Waals surface area contributed by atoms with E-state index in [0.717, 1.165) is 12.1 Å². The fraction of sp³-hybridized carbons (Fsp3) is 0.125. The third-order valence-electron chi connectivity index (χ3n) is 1.45. The molecule has 0 N–H and O–H groups in total. The first-order valence-electron chi connectivity index (χ1n) is 3.40. The summed E-state index contributed by atoms with van der Waals surface area (Å²) in [6.45, 7) is 0. The van der Waals surface area contributed by atoms with Crippen LogP contribution in [0, 0.1) is 22.1 Å². The highest BCUT2D eigenvalue weighted by Crippen LogP contribution is 2.16. The van der Waals surface area contributed by atoms with Crippen molar-refractivity contribution in [3.8, 4) is 6.07 Å². The Morgan fingerprint density at radius 2 is 2.31 bits per heavy atom. The van der Waals surface area contributed by atoms with Crippen molar-refractivity contribution in [1.82, 2.24) is 0 Å². The Morgan fingerprint density at radius 3 is 2.85 bits per heavy atom. The first-order chi connectivity index (χ1) is 6.19. The molecule has 0 aromatic heterocycles. The van der Waals surface area contributed by atoms with E-state index in [9.17, 15) is 9.30 Å². The molecule has 1 rings (SSSR count). The Kier molecular flexibility index (Phi) is 2.55. The zero-order chi connectivity index (χ0) is 9.84. The summed E-state index contributed by atoms with van der Waals surface area (Å²) in [5.41, 5.74) is -0.101. The summed E-state index contributed by atoms with van der Waals surface area (Å²) in [7, 11) is 1.18. The minimum atomic E-state index is -0.657. The van der Waals surface area contributed by atoms with E-state index in [1.165, 1.54) is 13.2 Å². The number of rotatable bonds is 2. The van der Waals surface area contributed by atoms with Gasteiger partial charge in [0.1, 0.15) is 11.9 Å². The molecule has 0 aliphatic heterocycles. The topological polar surface area (TPSA) is 53.1 Å². The molecule has 0 heterocycles. The SMILES string of the molecule is CO[N+](=O)c1ccc(F)c(C#N)c1. The van der Waals surface area contributed by atoms with Gasteiger partial charge in [-0.05, 0) is 6.07 Å². The molecule has 4 nitrogen and oxygen atoms in total. The Labute approximate surface area is 73.7 Å². The van der Waals surface area contributed by atoms with Crippen LogP contribution in [0.1, 0.15) is 5.56 Å². The maximum atomic E-state index is 12.8. The lowest BCUT2D eigenvalue weighted by atomic mass is 10.2. The maximum Gasteiger partial charge on any atom is 0.318 e. The van der Waals surface area contributed by atoms with Gasteiger partial charge in [0.25, 0.3) is 4.92 Å². The van der Waals surface area contributed by atoms with Gasteiger partial charge in [-0.2, -0.15) is 5.26 Å². The van der Waals surface area contributed by atoms with Crippen LogP contribution in [0.25, 0.3) is 0 Å². The lowest BCUT2D eigenvalue weighted by Gasteiger charge is -1.91. The first-order valence-corrected chi connectivity index (χ1v) is 3.40. The van der Waals surface area contributed by atoms with Crippen molar-refractivity contribution in [2.45, 2.75) is 0 Å². The van der Waals surface area contributed by atoms with E-state index in [2.05, 4.69) is 4.84 Å². The van der Waals surface area contributed by atoms with Crippen molar-refractivity contribution in [3.63, 3.8) is 0 Å². The smallest absolute Gasteiger partial charge is 0.230 e. The van der Waals surface area contributed by atoms with Crippen molar-refractivity contribution in [2.24, 2.45) is 0 Å².